The maximum absolute atomic E-state index is 11.8. The monoisotopic (exact) mass is 411 g/mol. The number of ether oxygens (including phenoxy) is 1. The largest absolute Gasteiger partial charge is 0.466 e. The molecule has 1 rings (SSSR count). The molecule has 172 valence electrons. The molecule has 1 saturated heterocycles. The third-order valence-corrected chi connectivity index (χ3v) is 5.93. The fourth-order valence-electron chi connectivity index (χ4n) is 3.84. The van der Waals surface area contributed by atoms with Gasteiger partial charge >= 0.3 is 5.97 Å². The molecule has 1 N–H and O–H groups in total. The lowest BCUT2D eigenvalue weighted by Gasteiger charge is -2.32. The average Bonchev–Trinajstić information content (AvgIpc) is 2.72. The summed E-state index contributed by atoms with van der Waals surface area (Å²) in [5.41, 5.74) is 3.33. The smallest absolute Gasteiger partial charge is 0.307 e. The number of esters is 1. The molecule has 1 fully saturated rings. The van der Waals surface area contributed by atoms with Crippen molar-refractivity contribution in [3.05, 3.63) is 0 Å². The van der Waals surface area contributed by atoms with Crippen LogP contribution < -0.4 is 5.43 Å². The molecule has 29 heavy (non-hydrogen) atoms. The lowest BCUT2D eigenvalue weighted by atomic mass is 10.0. The van der Waals surface area contributed by atoms with Gasteiger partial charge in [-0.05, 0) is 13.5 Å². The second kappa shape index (κ2) is 19.3. The summed E-state index contributed by atoms with van der Waals surface area (Å²) < 4.78 is 5.35. The predicted molar refractivity (Wildman–Crippen MR) is 123 cm³/mol. The number of nitrogens with zero attached hydrogens (tertiary/aromatic N) is 2. The number of unbranched alkanes of at least 4 members (excludes halogenated alkanes) is 13. The highest BCUT2D eigenvalue weighted by Crippen LogP contribution is 2.13. The van der Waals surface area contributed by atoms with Crippen molar-refractivity contribution in [1.82, 2.24) is 15.3 Å². The van der Waals surface area contributed by atoms with E-state index in [-0.39, 0.29) is 5.97 Å². The first-order chi connectivity index (χ1) is 14.2. The first kappa shape index (κ1) is 26.4. The molecule has 0 amide bonds. The third kappa shape index (κ3) is 16.8. The van der Waals surface area contributed by atoms with Gasteiger partial charge in [-0.3, -0.25) is 10.2 Å². The van der Waals surface area contributed by atoms with Crippen LogP contribution in [-0.4, -0.2) is 62.3 Å². The molecular formula is C24H49N3O2. The molecule has 0 unspecified atom stereocenters. The van der Waals surface area contributed by atoms with Crippen molar-refractivity contribution in [3.8, 4) is 0 Å². The van der Waals surface area contributed by atoms with Gasteiger partial charge in [-0.15, -0.1) is 0 Å². The SMILES string of the molecule is CCCCCCCCCCCCCCCCOC(=O)CCNN1CCN(C)CC1. The molecule has 0 atom stereocenters. The number of carbonyl (C=O) groups is 1. The highest BCUT2D eigenvalue weighted by molar-refractivity contribution is 5.69. The fourth-order valence-corrected chi connectivity index (χ4v) is 3.84. The Hall–Kier alpha value is -0.650. The predicted octanol–water partition coefficient (Wildman–Crippen LogP) is 5.15. The Morgan fingerprint density at radius 2 is 1.24 bits per heavy atom. The van der Waals surface area contributed by atoms with Gasteiger partial charge in [-0.1, -0.05) is 90.4 Å². The molecular weight excluding hydrogens is 362 g/mol. The Labute approximate surface area is 180 Å². The molecule has 0 saturated carbocycles. The Morgan fingerprint density at radius 1 is 0.759 bits per heavy atom. The van der Waals surface area contributed by atoms with E-state index in [0.717, 1.165) is 32.6 Å². The number of likely N-dealkylation sites (N-methyl/N-ethyl adjacent to an activating group) is 1. The van der Waals surface area contributed by atoms with Gasteiger partial charge in [0.1, 0.15) is 0 Å². The molecule has 1 heterocycles. The Bertz CT molecular complexity index is 371. The molecule has 5 nitrogen and oxygen atoms in total. The Kier molecular flexibility index (Phi) is 17.6. The molecule has 0 spiro atoms. The molecule has 0 bridgehead atoms. The summed E-state index contributed by atoms with van der Waals surface area (Å²) in [7, 11) is 2.14. The summed E-state index contributed by atoms with van der Waals surface area (Å²) in [4.78, 5) is 14.1. The first-order valence-electron chi connectivity index (χ1n) is 12.5. The van der Waals surface area contributed by atoms with E-state index in [1.807, 2.05) is 0 Å². The van der Waals surface area contributed by atoms with Gasteiger partial charge in [0.25, 0.3) is 0 Å². The minimum Gasteiger partial charge on any atom is -0.466 e. The quantitative estimate of drug-likeness (QED) is 0.235. The van der Waals surface area contributed by atoms with Gasteiger partial charge < -0.3 is 9.64 Å². The van der Waals surface area contributed by atoms with E-state index in [1.54, 1.807) is 0 Å². The fraction of sp³-hybridized carbons (Fsp3) is 0.958. The number of carbonyl (C=O) groups excluding carboxylic acids is 1. The van der Waals surface area contributed by atoms with Crippen LogP contribution in [0.1, 0.15) is 103 Å². The topological polar surface area (TPSA) is 44.8 Å². The van der Waals surface area contributed by atoms with Crippen LogP contribution in [0, 0.1) is 0 Å². The van der Waals surface area contributed by atoms with Gasteiger partial charge in [0.2, 0.25) is 0 Å². The van der Waals surface area contributed by atoms with E-state index in [9.17, 15) is 4.79 Å². The number of nitrogens with one attached hydrogen (secondary N) is 1. The normalized spacial score (nSPS) is 15.7. The van der Waals surface area contributed by atoms with Gasteiger partial charge in [-0.25, -0.2) is 5.01 Å². The molecule has 5 heteroatoms. The van der Waals surface area contributed by atoms with E-state index in [4.69, 9.17) is 4.74 Å². The van der Waals surface area contributed by atoms with Crippen LogP contribution in [0.2, 0.25) is 0 Å². The maximum Gasteiger partial charge on any atom is 0.307 e. The minimum absolute atomic E-state index is 0.0682. The zero-order chi connectivity index (χ0) is 21.0. The van der Waals surface area contributed by atoms with E-state index in [1.165, 1.54) is 83.5 Å². The third-order valence-electron chi connectivity index (χ3n) is 5.93. The molecule has 0 aliphatic carbocycles. The van der Waals surface area contributed by atoms with Crippen LogP contribution >= 0.6 is 0 Å². The van der Waals surface area contributed by atoms with Crippen molar-refractivity contribution in [1.29, 1.82) is 0 Å². The van der Waals surface area contributed by atoms with Gasteiger partial charge in [0.15, 0.2) is 0 Å². The second-order valence-corrected chi connectivity index (χ2v) is 8.77. The van der Waals surface area contributed by atoms with Gasteiger partial charge in [0.05, 0.1) is 13.0 Å². The van der Waals surface area contributed by atoms with Crippen LogP contribution in [0.25, 0.3) is 0 Å². The van der Waals surface area contributed by atoms with Crippen molar-refractivity contribution < 1.29 is 9.53 Å². The second-order valence-electron chi connectivity index (χ2n) is 8.77. The van der Waals surface area contributed by atoms with Crippen molar-refractivity contribution in [2.75, 3.05) is 46.4 Å². The molecule has 1 aliphatic heterocycles. The van der Waals surface area contributed by atoms with Crippen molar-refractivity contribution >= 4 is 5.97 Å². The van der Waals surface area contributed by atoms with Crippen molar-refractivity contribution in [2.45, 2.75) is 103 Å². The maximum atomic E-state index is 11.8. The average molecular weight is 412 g/mol. The standard InChI is InChI=1S/C24H49N3O2/c1-3-4-5-6-7-8-9-10-11-12-13-14-15-16-23-29-24(28)17-18-25-27-21-19-26(2)20-22-27/h25H,3-23H2,1-2H3. The Balaban J connectivity index is 1.74. The lowest BCUT2D eigenvalue weighted by Crippen LogP contribution is -2.51. The summed E-state index contributed by atoms with van der Waals surface area (Å²) in [6, 6.07) is 0. The summed E-state index contributed by atoms with van der Waals surface area (Å²) in [5, 5.41) is 2.21. The van der Waals surface area contributed by atoms with Crippen LogP contribution in [0.3, 0.4) is 0 Å². The van der Waals surface area contributed by atoms with E-state index < -0.39 is 0 Å². The van der Waals surface area contributed by atoms with Gasteiger partial charge in [-0.2, -0.15) is 0 Å². The number of hydrogen-bond acceptors (Lipinski definition) is 5. The van der Waals surface area contributed by atoms with Gasteiger partial charge in [0, 0.05) is 32.7 Å². The molecule has 0 aromatic heterocycles. The number of rotatable bonds is 19. The van der Waals surface area contributed by atoms with Crippen molar-refractivity contribution in [2.24, 2.45) is 0 Å². The summed E-state index contributed by atoms with van der Waals surface area (Å²) in [6.07, 6.45) is 19.3. The number of hydrogen-bond donors (Lipinski definition) is 1. The Morgan fingerprint density at radius 3 is 1.76 bits per heavy atom. The first-order valence-corrected chi connectivity index (χ1v) is 12.5. The van der Waals surface area contributed by atoms with Crippen LogP contribution in [0.4, 0.5) is 0 Å². The lowest BCUT2D eigenvalue weighted by molar-refractivity contribution is -0.143. The van der Waals surface area contributed by atoms with Crippen LogP contribution in [0.15, 0.2) is 0 Å². The van der Waals surface area contributed by atoms with E-state index >= 15 is 0 Å². The molecule has 0 radical (unpaired) electrons. The zero-order valence-electron chi connectivity index (χ0n) is 19.6. The molecule has 1 aliphatic rings. The van der Waals surface area contributed by atoms with E-state index in [2.05, 4.69) is 29.3 Å². The number of piperazine rings is 1. The molecule has 0 aromatic rings. The number of hydrazine groups is 1. The van der Waals surface area contributed by atoms with Crippen LogP contribution in [0.5, 0.6) is 0 Å². The minimum atomic E-state index is -0.0682. The summed E-state index contributed by atoms with van der Waals surface area (Å²) >= 11 is 0. The molecule has 0 aromatic carbocycles. The van der Waals surface area contributed by atoms with Crippen molar-refractivity contribution in [3.63, 3.8) is 0 Å². The van der Waals surface area contributed by atoms with Crippen LogP contribution in [-0.2, 0) is 9.53 Å². The summed E-state index contributed by atoms with van der Waals surface area (Å²) in [6.45, 7) is 7.75. The zero-order valence-corrected chi connectivity index (χ0v) is 19.6. The summed E-state index contributed by atoms with van der Waals surface area (Å²) in [5.74, 6) is -0.0682. The highest BCUT2D eigenvalue weighted by atomic mass is 16.5. The van der Waals surface area contributed by atoms with E-state index in [0.29, 0.717) is 19.6 Å². The highest BCUT2D eigenvalue weighted by Gasteiger charge is 2.13.